The van der Waals surface area contributed by atoms with Crippen LogP contribution in [0.2, 0.25) is 5.15 Å². The van der Waals surface area contributed by atoms with Gasteiger partial charge in [-0.15, -0.1) is 0 Å². The molecule has 2 aliphatic heterocycles. The third kappa shape index (κ3) is 5.87. The molecule has 0 amide bonds. The van der Waals surface area contributed by atoms with E-state index in [0.717, 1.165) is 58.3 Å². The maximum Gasteiger partial charge on any atom is 0.267 e. The molecule has 6 rings (SSSR count). The average Bonchev–Trinajstić information content (AvgIpc) is 3.51. The van der Waals surface area contributed by atoms with Gasteiger partial charge in [0.1, 0.15) is 23.3 Å². The van der Waals surface area contributed by atoms with Crippen molar-refractivity contribution in [2.75, 3.05) is 23.3 Å². The van der Waals surface area contributed by atoms with E-state index in [2.05, 4.69) is 53.0 Å². The maximum absolute atomic E-state index is 13.7. The Balaban J connectivity index is 1.39. The first-order valence-electron chi connectivity index (χ1n) is 14.5. The van der Waals surface area contributed by atoms with Crippen LogP contribution in [0.25, 0.3) is 22.2 Å². The summed E-state index contributed by atoms with van der Waals surface area (Å²) in [7, 11) is 0. The molecular weight excluding hydrogens is 630 g/mol. The Kier molecular flexibility index (Phi) is 7.94. The second-order valence-corrected chi connectivity index (χ2v) is 13.5. The Labute approximate surface area is 265 Å². The molecule has 4 heterocycles. The van der Waals surface area contributed by atoms with Crippen LogP contribution in [0.5, 0.6) is 0 Å². The first-order chi connectivity index (χ1) is 20.5. The Morgan fingerprint density at radius 3 is 2.51 bits per heavy atom. The fraction of sp³-hybridized carbons (Fsp3) is 0.353. The first kappa shape index (κ1) is 29.6. The predicted octanol–water partition coefficient (Wildman–Crippen LogP) is 9.20. The number of nitrogens with one attached hydrogen (secondary N) is 1. The van der Waals surface area contributed by atoms with Crippen LogP contribution in [0.4, 0.5) is 11.6 Å². The van der Waals surface area contributed by atoms with Gasteiger partial charge >= 0.3 is 0 Å². The average molecular weight is 665 g/mol. The number of pyridine rings is 1. The van der Waals surface area contributed by atoms with Crippen molar-refractivity contribution < 1.29 is 13.9 Å². The second kappa shape index (κ2) is 11.5. The minimum Gasteiger partial charge on any atom is -0.455 e. The lowest BCUT2D eigenvalue weighted by molar-refractivity contribution is -0.0251. The zero-order valence-electron chi connectivity index (χ0n) is 25.0. The monoisotopic (exact) mass is 663 g/mol. The quantitative estimate of drug-likeness (QED) is 0.206. The van der Waals surface area contributed by atoms with Crippen LogP contribution in [0, 0.1) is 19.3 Å². The van der Waals surface area contributed by atoms with Crippen LogP contribution < -0.4 is 15.6 Å². The number of piperidine rings is 1. The highest BCUT2D eigenvalue weighted by Gasteiger charge is 2.29. The number of hydrogen-bond donors (Lipinski definition) is 1. The van der Waals surface area contributed by atoms with Gasteiger partial charge in [0.15, 0.2) is 5.43 Å². The number of ether oxygens (including phenoxy) is 2. The molecule has 9 heteroatoms. The number of fused-ring (bicyclic) bond motifs is 1. The lowest BCUT2D eigenvalue weighted by atomic mass is 9.82. The minimum atomic E-state index is -0.547. The highest BCUT2D eigenvalue weighted by Crippen LogP contribution is 2.39. The molecule has 1 fully saturated rings. The van der Waals surface area contributed by atoms with Crippen molar-refractivity contribution in [3.05, 3.63) is 97.1 Å². The molecule has 1 atom stereocenters. The van der Waals surface area contributed by atoms with E-state index in [0.29, 0.717) is 33.3 Å². The van der Waals surface area contributed by atoms with Gasteiger partial charge in [0.05, 0.1) is 28.4 Å². The zero-order chi connectivity index (χ0) is 30.5. The van der Waals surface area contributed by atoms with Crippen LogP contribution in [0.15, 0.2) is 68.7 Å². The van der Waals surface area contributed by atoms with Gasteiger partial charge in [0.25, 0.3) is 6.29 Å². The molecule has 2 aromatic carbocycles. The highest BCUT2D eigenvalue weighted by atomic mass is 79.9. The molecule has 7 nitrogen and oxygen atoms in total. The molecule has 0 spiro atoms. The summed E-state index contributed by atoms with van der Waals surface area (Å²) in [5.41, 5.74) is 6.62. The fourth-order valence-electron chi connectivity index (χ4n) is 5.83. The largest absolute Gasteiger partial charge is 0.455 e. The molecule has 4 aromatic rings. The van der Waals surface area contributed by atoms with Gasteiger partial charge in [-0.25, -0.2) is 4.98 Å². The number of anilines is 2. The van der Waals surface area contributed by atoms with Crippen LogP contribution in [-0.2, 0) is 9.47 Å². The molecule has 1 saturated heterocycles. The Morgan fingerprint density at radius 2 is 1.79 bits per heavy atom. The van der Waals surface area contributed by atoms with E-state index in [1.54, 1.807) is 6.07 Å². The number of aryl methyl sites for hydroxylation is 1. The van der Waals surface area contributed by atoms with Crippen LogP contribution in [0.1, 0.15) is 68.2 Å². The number of benzene rings is 2. The van der Waals surface area contributed by atoms with E-state index in [1.807, 2.05) is 44.2 Å². The summed E-state index contributed by atoms with van der Waals surface area (Å²) in [5, 5.41) is 4.61. The van der Waals surface area contributed by atoms with E-state index in [4.69, 9.17) is 30.5 Å². The topological polar surface area (TPSA) is 76.8 Å². The third-order valence-electron chi connectivity index (χ3n) is 8.45. The summed E-state index contributed by atoms with van der Waals surface area (Å²) in [4.78, 5) is 20.6. The minimum absolute atomic E-state index is 0.0142. The van der Waals surface area contributed by atoms with Crippen molar-refractivity contribution in [1.82, 2.24) is 4.98 Å². The molecule has 1 N–H and O–H groups in total. The molecule has 2 aliphatic rings. The lowest BCUT2D eigenvalue weighted by Gasteiger charge is -2.37. The molecule has 0 unspecified atom stereocenters. The standard InChI is InChI=1S/C34H35BrClN3O4/c1-19-16-23(31-25(17-19)30(40)20(2)32(43-31)39-12-10-34(4,5)11-13-39)21(3)37-27-8-9-28(36)38-29(27)22-6-7-26(35)24(18-22)33-41-14-15-42-33/h6-9,14-18,21,33,37H,10-13H2,1-5H3/t21-/m1/s1. The van der Waals surface area contributed by atoms with Gasteiger partial charge in [-0.05, 0) is 74.9 Å². The van der Waals surface area contributed by atoms with E-state index in [9.17, 15) is 4.79 Å². The molecular formula is C34H35BrClN3O4. The van der Waals surface area contributed by atoms with Gasteiger partial charge in [0.2, 0.25) is 5.88 Å². The Bertz CT molecular complexity index is 1780. The smallest absolute Gasteiger partial charge is 0.267 e. The van der Waals surface area contributed by atoms with Gasteiger partial charge < -0.3 is 24.1 Å². The van der Waals surface area contributed by atoms with Crippen LogP contribution in [-0.4, -0.2) is 18.1 Å². The Hall–Kier alpha value is -3.49. The molecule has 0 radical (unpaired) electrons. The Morgan fingerprint density at radius 1 is 1.07 bits per heavy atom. The van der Waals surface area contributed by atoms with Gasteiger partial charge in [0, 0.05) is 34.3 Å². The molecule has 0 bridgehead atoms. The van der Waals surface area contributed by atoms with Crippen molar-refractivity contribution in [2.24, 2.45) is 5.41 Å². The molecule has 0 aliphatic carbocycles. The number of aromatic nitrogens is 1. The van der Waals surface area contributed by atoms with Gasteiger partial charge in [-0.3, -0.25) is 4.79 Å². The van der Waals surface area contributed by atoms with Gasteiger partial charge in [-0.1, -0.05) is 53.5 Å². The van der Waals surface area contributed by atoms with E-state index < -0.39 is 6.29 Å². The molecule has 43 heavy (non-hydrogen) atoms. The zero-order valence-corrected chi connectivity index (χ0v) is 27.3. The summed E-state index contributed by atoms with van der Waals surface area (Å²) in [5.74, 6) is 0.674. The van der Waals surface area contributed by atoms with Crippen molar-refractivity contribution in [3.8, 4) is 11.3 Å². The number of halogens is 2. The lowest BCUT2D eigenvalue weighted by Crippen LogP contribution is -2.38. The SMILES string of the molecule is Cc1cc([C@@H](C)Nc2ccc(Cl)nc2-c2ccc(Br)c(C3OC=CO3)c2)c2oc(N3CCC(C)(C)CC3)c(C)c(=O)c2c1. The highest BCUT2D eigenvalue weighted by molar-refractivity contribution is 9.10. The summed E-state index contributed by atoms with van der Waals surface area (Å²) < 4.78 is 18.7. The second-order valence-electron chi connectivity index (χ2n) is 12.3. The molecule has 2 aromatic heterocycles. The van der Waals surface area contributed by atoms with Crippen molar-refractivity contribution in [2.45, 2.75) is 59.8 Å². The van der Waals surface area contributed by atoms with E-state index >= 15 is 0 Å². The van der Waals surface area contributed by atoms with E-state index in [-0.39, 0.29) is 16.9 Å². The number of hydrogen-bond acceptors (Lipinski definition) is 7. The van der Waals surface area contributed by atoms with Crippen molar-refractivity contribution in [3.63, 3.8) is 0 Å². The normalized spacial score (nSPS) is 17.1. The fourth-order valence-corrected chi connectivity index (χ4v) is 6.42. The molecule has 0 saturated carbocycles. The van der Waals surface area contributed by atoms with Gasteiger partial charge in [-0.2, -0.15) is 0 Å². The summed E-state index contributed by atoms with van der Waals surface area (Å²) >= 11 is 10.0. The summed E-state index contributed by atoms with van der Waals surface area (Å²) in [6.07, 6.45) is 4.60. The summed E-state index contributed by atoms with van der Waals surface area (Å²) in [6.45, 7) is 12.3. The number of rotatable bonds is 6. The summed E-state index contributed by atoms with van der Waals surface area (Å²) in [6, 6.07) is 13.4. The van der Waals surface area contributed by atoms with Crippen molar-refractivity contribution in [1.29, 1.82) is 0 Å². The van der Waals surface area contributed by atoms with Crippen LogP contribution >= 0.6 is 27.5 Å². The van der Waals surface area contributed by atoms with E-state index in [1.165, 1.54) is 12.5 Å². The predicted molar refractivity (Wildman–Crippen MR) is 176 cm³/mol. The number of nitrogens with zero attached hydrogens (tertiary/aromatic N) is 2. The third-order valence-corrected chi connectivity index (χ3v) is 9.39. The van der Waals surface area contributed by atoms with Crippen LogP contribution in [0.3, 0.4) is 0 Å². The van der Waals surface area contributed by atoms with Crippen molar-refractivity contribution >= 4 is 50.1 Å². The molecule has 224 valence electrons. The maximum atomic E-state index is 13.7. The first-order valence-corrected chi connectivity index (χ1v) is 15.7.